The van der Waals surface area contributed by atoms with E-state index in [9.17, 15) is 13.9 Å². The topological polar surface area (TPSA) is 23.5 Å². The van der Waals surface area contributed by atoms with E-state index in [1.807, 2.05) is 0 Å². The molecule has 2 nitrogen and oxygen atoms in total. The Morgan fingerprint density at radius 3 is 2.19 bits per heavy atom. The third-order valence-electron chi connectivity index (χ3n) is 5.52. The molecule has 0 amide bonds. The molecule has 0 aromatic heterocycles. The second kappa shape index (κ2) is 2.32. The van der Waals surface area contributed by atoms with E-state index >= 15 is 0 Å². The monoisotopic (exact) mass is 229 g/mol. The van der Waals surface area contributed by atoms with Gasteiger partial charge in [0.1, 0.15) is 0 Å². The highest BCUT2D eigenvalue weighted by atomic mass is 19.3. The number of hydrogen-bond acceptors (Lipinski definition) is 2. The number of hydrogen-bond donors (Lipinski definition) is 1. The van der Waals surface area contributed by atoms with Gasteiger partial charge in [0.05, 0.1) is 12.0 Å². The Hall–Kier alpha value is -0.220. The van der Waals surface area contributed by atoms with Gasteiger partial charge in [0.2, 0.25) is 0 Å². The molecular weight excluding hydrogens is 212 g/mol. The fourth-order valence-corrected chi connectivity index (χ4v) is 4.36. The van der Waals surface area contributed by atoms with Crippen molar-refractivity contribution in [3.8, 4) is 0 Å². The molecule has 2 unspecified atom stereocenters. The van der Waals surface area contributed by atoms with E-state index < -0.39 is 11.3 Å². The van der Waals surface area contributed by atoms with Crippen LogP contribution in [0.3, 0.4) is 0 Å². The summed E-state index contributed by atoms with van der Waals surface area (Å²) in [5.74, 6) is -2.46. The Morgan fingerprint density at radius 1 is 1.06 bits per heavy atom. The highest BCUT2D eigenvalue weighted by molar-refractivity contribution is 5.25. The number of fused-ring (bicyclic) bond motifs is 1. The smallest absolute Gasteiger partial charge is 0.255 e. The Kier molecular flexibility index (Phi) is 1.42. The molecule has 4 rings (SSSR count). The molecule has 0 aromatic carbocycles. The fourth-order valence-electron chi connectivity index (χ4n) is 4.36. The molecule has 2 saturated carbocycles. The first kappa shape index (κ1) is 9.77. The van der Waals surface area contributed by atoms with Gasteiger partial charge in [-0.2, -0.15) is 0 Å². The molecule has 4 fully saturated rings. The maximum atomic E-state index is 13.4. The van der Waals surface area contributed by atoms with Gasteiger partial charge in [0, 0.05) is 25.0 Å². The fraction of sp³-hybridized carbons (Fsp3) is 1.00. The lowest BCUT2D eigenvalue weighted by molar-refractivity contribution is 0.0633. The van der Waals surface area contributed by atoms with E-state index in [2.05, 4.69) is 4.90 Å². The number of aliphatic hydroxyl groups excluding tert-OH is 1. The lowest BCUT2D eigenvalue weighted by atomic mass is 9.85. The molecule has 2 aliphatic carbocycles. The van der Waals surface area contributed by atoms with Gasteiger partial charge >= 0.3 is 0 Å². The van der Waals surface area contributed by atoms with Crippen LogP contribution in [0.15, 0.2) is 0 Å². The minimum atomic E-state index is -2.46. The standard InChI is InChI=1S/C12H17F2NO/c13-12(14)5-10(12)4-11(8-16)3-9(1-2-9)6-15(11)7-10/h16H,1-8H2. The Morgan fingerprint density at radius 2 is 1.75 bits per heavy atom. The number of aliphatic hydroxyl groups is 1. The van der Waals surface area contributed by atoms with Crippen LogP contribution < -0.4 is 0 Å². The number of rotatable bonds is 1. The molecule has 1 N–H and O–H groups in total. The number of halogens is 2. The van der Waals surface area contributed by atoms with Gasteiger partial charge in [0.25, 0.3) is 5.92 Å². The van der Waals surface area contributed by atoms with Crippen LogP contribution in [0.25, 0.3) is 0 Å². The largest absolute Gasteiger partial charge is 0.394 e. The maximum Gasteiger partial charge on any atom is 0.255 e. The first-order valence-corrected chi connectivity index (χ1v) is 6.19. The Bertz CT molecular complexity index is 368. The van der Waals surface area contributed by atoms with Crippen molar-refractivity contribution in [2.75, 3.05) is 19.7 Å². The van der Waals surface area contributed by atoms with Crippen LogP contribution >= 0.6 is 0 Å². The predicted octanol–water partition coefficient (Wildman–Crippen LogP) is 1.63. The summed E-state index contributed by atoms with van der Waals surface area (Å²) in [4.78, 5) is 2.18. The van der Waals surface area contributed by atoms with E-state index in [1.54, 1.807) is 0 Å². The summed E-state index contributed by atoms with van der Waals surface area (Å²) in [6, 6.07) is 0. The SMILES string of the molecule is OCC12CC3(CC3)CN1CC1(C2)CC1(F)F. The van der Waals surface area contributed by atoms with Crippen LogP contribution in [-0.4, -0.2) is 41.2 Å². The van der Waals surface area contributed by atoms with Crippen molar-refractivity contribution >= 4 is 0 Å². The quantitative estimate of drug-likeness (QED) is 0.738. The van der Waals surface area contributed by atoms with Crippen molar-refractivity contribution in [1.29, 1.82) is 0 Å². The van der Waals surface area contributed by atoms with Crippen LogP contribution in [0.1, 0.15) is 32.1 Å². The molecule has 0 radical (unpaired) electrons. The number of alkyl halides is 2. The van der Waals surface area contributed by atoms with E-state index in [0.29, 0.717) is 18.4 Å². The average molecular weight is 229 g/mol. The minimum Gasteiger partial charge on any atom is -0.394 e. The van der Waals surface area contributed by atoms with Crippen LogP contribution in [0.4, 0.5) is 8.78 Å². The molecule has 0 aromatic rings. The second-order valence-corrected chi connectivity index (χ2v) is 6.75. The average Bonchev–Trinajstić information content (AvgIpc) is 2.93. The van der Waals surface area contributed by atoms with E-state index in [1.165, 1.54) is 12.8 Å². The molecule has 2 spiro atoms. The van der Waals surface area contributed by atoms with Gasteiger partial charge in [-0.15, -0.1) is 0 Å². The molecule has 2 saturated heterocycles. The molecule has 4 aliphatic rings. The van der Waals surface area contributed by atoms with Gasteiger partial charge in [-0.05, 0) is 31.1 Å². The highest BCUT2D eigenvalue weighted by Gasteiger charge is 2.79. The van der Waals surface area contributed by atoms with Crippen molar-refractivity contribution in [3.63, 3.8) is 0 Å². The normalized spacial score (nSPS) is 51.2. The first-order chi connectivity index (χ1) is 7.45. The van der Waals surface area contributed by atoms with Gasteiger partial charge in [0.15, 0.2) is 0 Å². The summed E-state index contributed by atoms with van der Waals surface area (Å²) in [7, 11) is 0. The zero-order valence-electron chi connectivity index (χ0n) is 9.31. The van der Waals surface area contributed by atoms with Crippen molar-refractivity contribution in [1.82, 2.24) is 4.90 Å². The predicted molar refractivity (Wildman–Crippen MR) is 54.3 cm³/mol. The summed E-state index contributed by atoms with van der Waals surface area (Å²) in [6.07, 6.45) is 3.98. The molecule has 2 heterocycles. The summed E-state index contributed by atoms with van der Waals surface area (Å²) in [5, 5.41) is 9.63. The second-order valence-electron chi connectivity index (χ2n) is 6.75. The summed E-state index contributed by atoms with van der Waals surface area (Å²) in [5.41, 5.74) is -0.669. The number of nitrogens with zero attached hydrogens (tertiary/aromatic N) is 1. The highest BCUT2D eigenvalue weighted by Crippen LogP contribution is 2.72. The molecule has 90 valence electrons. The van der Waals surface area contributed by atoms with Crippen molar-refractivity contribution in [2.45, 2.75) is 43.6 Å². The van der Waals surface area contributed by atoms with Crippen molar-refractivity contribution < 1.29 is 13.9 Å². The molecule has 16 heavy (non-hydrogen) atoms. The summed E-state index contributed by atoms with van der Waals surface area (Å²) in [6.45, 7) is 1.53. The van der Waals surface area contributed by atoms with E-state index in [0.717, 1.165) is 13.0 Å². The van der Waals surface area contributed by atoms with Crippen LogP contribution in [-0.2, 0) is 0 Å². The van der Waals surface area contributed by atoms with E-state index in [4.69, 9.17) is 0 Å². The molecule has 4 heteroatoms. The lowest BCUT2D eigenvalue weighted by Gasteiger charge is -2.29. The molecular formula is C12H17F2NO. The first-order valence-electron chi connectivity index (χ1n) is 6.19. The van der Waals surface area contributed by atoms with Crippen molar-refractivity contribution in [3.05, 3.63) is 0 Å². The third-order valence-corrected chi connectivity index (χ3v) is 5.52. The summed E-state index contributed by atoms with van der Waals surface area (Å²) >= 11 is 0. The van der Waals surface area contributed by atoms with Gasteiger partial charge < -0.3 is 5.11 Å². The zero-order chi connectivity index (χ0) is 11.2. The Labute approximate surface area is 93.6 Å². The van der Waals surface area contributed by atoms with Gasteiger partial charge in [-0.1, -0.05) is 0 Å². The van der Waals surface area contributed by atoms with Gasteiger partial charge in [-0.3, -0.25) is 4.90 Å². The minimum absolute atomic E-state index is 0.0469. The third kappa shape index (κ3) is 0.946. The van der Waals surface area contributed by atoms with Crippen LogP contribution in [0.2, 0.25) is 0 Å². The lowest BCUT2D eigenvalue weighted by Crippen LogP contribution is -2.41. The molecule has 0 bridgehead atoms. The van der Waals surface area contributed by atoms with Crippen molar-refractivity contribution in [2.24, 2.45) is 10.8 Å². The Balaban J connectivity index is 1.65. The maximum absolute atomic E-state index is 13.4. The van der Waals surface area contributed by atoms with E-state index in [-0.39, 0.29) is 18.6 Å². The molecule has 2 aliphatic heterocycles. The summed E-state index contributed by atoms with van der Waals surface area (Å²) < 4.78 is 26.8. The zero-order valence-corrected chi connectivity index (χ0v) is 9.31. The van der Waals surface area contributed by atoms with Gasteiger partial charge in [-0.25, -0.2) is 8.78 Å². The van der Waals surface area contributed by atoms with Crippen LogP contribution in [0, 0.1) is 10.8 Å². The molecule has 2 atom stereocenters. The van der Waals surface area contributed by atoms with Crippen LogP contribution in [0.5, 0.6) is 0 Å².